The zero-order chi connectivity index (χ0) is 15.2. The second kappa shape index (κ2) is 6.59. The molecule has 2 N–H and O–H groups in total. The molecule has 0 bridgehead atoms. The lowest BCUT2D eigenvalue weighted by Crippen LogP contribution is -2.14. The molecule has 2 rings (SSSR count). The van der Waals surface area contributed by atoms with Crippen molar-refractivity contribution < 1.29 is 14.6 Å². The number of nitrogens with zero attached hydrogens (tertiary/aromatic N) is 2. The lowest BCUT2D eigenvalue weighted by molar-refractivity contribution is 0.102. The number of methoxy groups -OCH3 is 1. The van der Waals surface area contributed by atoms with Crippen molar-refractivity contribution in [3.8, 4) is 17.6 Å². The summed E-state index contributed by atoms with van der Waals surface area (Å²) in [6.07, 6.45) is 1.60. The Morgan fingerprint density at radius 1 is 1.48 bits per heavy atom. The van der Waals surface area contributed by atoms with Gasteiger partial charge >= 0.3 is 0 Å². The molecule has 6 heteroatoms. The Kier molecular flexibility index (Phi) is 4.59. The van der Waals surface area contributed by atoms with Crippen molar-refractivity contribution in [3.05, 3.63) is 41.6 Å². The molecule has 6 nitrogen and oxygen atoms in total. The van der Waals surface area contributed by atoms with Gasteiger partial charge in [-0.05, 0) is 18.2 Å². The lowest BCUT2D eigenvalue weighted by Gasteiger charge is -2.08. The second-order valence-corrected chi connectivity index (χ2v) is 4.17. The number of anilines is 1. The van der Waals surface area contributed by atoms with Crippen LogP contribution >= 0.6 is 0 Å². The van der Waals surface area contributed by atoms with E-state index in [1.807, 2.05) is 0 Å². The Hall–Kier alpha value is -2.78. The van der Waals surface area contributed by atoms with Crippen LogP contribution in [-0.4, -0.2) is 34.5 Å². The molecule has 1 heterocycles. The minimum absolute atomic E-state index is 0.255. The summed E-state index contributed by atoms with van der Waals surface area (Å²) < 4.78 is 6.74. The summed E-state index contributed by atoms with van der Waals surface area (Å²) >= 11 is 0. The number of aliphatic hydroxyl groups is 1. The number of benzene rings is 1. The molecule has 0 aliphatic heterocycles. The van der Waals surface area contributed by atoms with Crippen LogP contribution in [0.2, 0.25) is 0 Å². The molecule has 1 aromatic heterocycles. The standard InChI is InChI=1S/C15H15N3O3/c1-18-14(7-8-16-18)17-15(20)12-5-6-13(21-2)11(10-12)4-3-9-19/h5-8,10,19H,9H2,1-2H3,(H,17,20). The largest absolute Gasteiger partial charge is 0.495 e. The predicted molar refractivity (Wildman–Crippen MR) is 78.1 cm³/mol. The summed E-state index contributed by atoms with van der Waals surface area (Å²) in [5, 5.41) is 15.5. The molecule has 21 heavy (non-hydrogen) atoms. The van der Waals surface area contributed by atoms with E-state index >= 15 is 0 Å². The maximum absolute atomic E-state index is 12.2. The molecule has 1 amide bonds. The van der Waals surface area contributed by atoms with Gasteiger partial charge in [-0.25, -0.2) is 0 Å². The van der Waals surface area contributed by atoms with Crippen LogP contribution in [0.5, 0.6) is 5.75 Å². The average Bonchev–Trinajstić information content (AvgIpc) is 2.90. The third kappa shape index (κ3) is 3.41. The van der Waals surface area contributed by atoms with E-state index in [0.29, 0.717) is 22.7 Å². The van der Waals surface area contributed by atoms with Crippen molar-refractivity contribution in [2.45, 2.75) is 0 Å². The zero-order valence-electron chi connectivity index (χ0n) is 11.8. The topological polar surface area (TPSA) is 76.4 Å². The van der Waals surface area contributed by atoms with Gasteiger partial charge < -0.3 is 15.2 Å². The van der Waals surface area contributed by atoms with Crippen molar-refractivity contribution in [1.29, 1.82) is 0 Å². The van der Waals surface area contributed by atoms with Gasteiger partial charge in [0.1, 0.15) is 18.2 Å². The van der Waals surface area contributed by atoms with Crippen LogP contribution < -0.4 is 10.1 Å². The summed E-state index contributed by atoms with van der Waals surface area (Å²) in [4.78, 5) is 12.2. The fraction of sp³-hybridized carbons (Fsp3) is 0.200. The molecule has 2 aromatic rings. The highest BCUT2D eigenvalue weighted by molar-refractivity contribution is 6.04. The smallest absolute Gasteiger partial charge is 0.256 e. The third-order valence-electron chi connectivity index (χ3n) is 2.83. The predicted octanol–water partition coefficient (Wildman–Crippen LogP) is 1.02. The van der Waals surface area contributed by atoms with Crippen molar-refractivity contribution in [2.75, 3.05) is 19.0 Å². The first-order valence-corrected chi connectivity index (χ1v) is 6.23. The first-order valence-electron chi connectivity index (χ1n) is 6.23. The summed E-state index contributed by atoms with van der Waals surface area (Å²) in [6.45, 7) is -0.255. The first-order chi connectivity index (χ1) is 10.2. The third-order valence-corrected chi connectivity index (χ3v) is 2.83. The molecular formula is C15H15N3O3. The van der Waals surface area contributed by atoms with Gasteiger partial charge in [-0.3, -0.25) is 9.48 Å². The number of hydrogen-bond donors (Lipinski definition) is 2. The van der Waals surface area contributed by atoms with Gasteiger partial charge in [0.05, 0.1) is 18.9 Å². The highest BCUT2D eigenvalue weighted by atomic mass is 16.5. The number of carbonyl (C=O) groups is 1. The zero-order valence-corrected chi connectivity index (χ0v) is 11.8. The van der Waals surface area contributed by atoms with Gasteiger partial charge in [0.15, 0.2) is 0 Å². The van der Waals surface area contributed by atoms with Crippen LogP contribution in [0.25, 0.3) is 0 Å². The van der Waals surface area contributed by atoms with E-state index in [-0.39, 0.29) is 12.5 Å². The van der Waals surface area contributed by atoms with Gasteiger partial charge in [-0.1, -0.05) is 11.8 Å². The SMILES string of the molecule is COc1ccc(C(=O)Nc2ccnn2C)cc1C#CCO. The van der Waals surface area contributed by atoms with Crippen LogP contribution in [0.4, 0.5) is 5.82 Å². The molecule has 0 fully saturated rings. The summed E-state index contributed by atoms with van der Waals surface area (Å²) in [5.74, 6) is 6.17. The van der Waals surface area contributed by atoms with Crippen LogP contribution in [0.3, 0.4) is 0 Å². The van der Waals surface area contributed by atoms with Gasteiger partial charge in [0.2, 0.25) is 0 Å². The highest BCUT2D eigenvalue weighted by Gasteiger charge is 2.11. The fourth-order valence-electron chi connectivity index (χ4n) is 1.77. The van der Waals surface area contributed by atoms with Gasteiger partial charge in [-0.2, -0.15) is 5.10 Å². The van der Waals surface area contributed by atoms with Crippen LogP contribution in [0.15, 0.2) is 30.5 Å². The molecular weight excluding hydrogens is 270 g/mol. The first kappa shape index (κ1) is 14.6. The summed E-state index contributed by atoms with van der Waals surface area (Å²) in [6, 6.07) is 6.63. The maximum atomic E-state index is 12.2. The normalized spacial score (nSPS) is 9.67. The van der Waals surface area contributed by atoms with Gasteiger partial charge in [0.25, 0.3) is 5.91 Å². The molecule has 0 unspecified atom stereocenters. The van der Waals surface area contributed by atoms with E-state index in [4.69, 9.17) is 9.84 Å². The molecule has 0 saturated heterocycles. The van der Waals surface area contributed by atoms with E-state index < -0.39 is 0 Å². The monoisotopic (exact) mass is 285 g/mol. The number of aromatic nitrogens is 2. The Bertz CT molecular complexity index is 710. The fourth-order valence-corrected chi connectivity index (χ4v) is 1.77. The number of rotatable bonds is 3. The molecule has 0 atom stereocenters. The van der Waals surface area contributed by atoms with Crippen LogP contribution in [0.1, 0.15) is 15.9 Å². The minimum Gasteiger partial charge on any atom is -0.495 e. The molecule has 1 aromatic carbocycles. The van der Waals surface area contributed by atoms with Gasteiger partial charge in [-0.15, -0.1) is 0 Å². The van der Waals surface area contributed by atoms with Gasteiger partial charge in [0, 0.05) is 18.7 Å². The quantitative estimate of drug-likeness (QED) is 0.826. The molecule has 108 valence electrons. The number of carbonyl (C=O) groups excluding carboxylic acids is 1. The Balaban J connectivity index is 2.27. The highest BCUT2D eigenvalue weighted by Crippen LogP contribution is 2.19. The van der Waals surface area contributed by atoms with E-state index in [1.165, 1.54) is 7.11 Å². The molecule has 0 aliphatic rings. The van der Waals surface area contributed by atoms with E-state index in [2.05, 4.69) is 22.3 Å². The van der Waals surface area contributed by atoms with E-state index in [1.54, 1.807) is 42.2 Å². The minimum atomic E-state index is -0.270. The van der Waals surface area contributed by atoms with Crippen LogP contribution in [0, 0.1) is 11.8 Å². The average molecular weight is 285 g/mol. The number of amides is 1. The van der Waals surface area contributed by atoms with Crippen LogP contribution in [-0.2, 0) is 7.05 Å². The van der Waals surface area contributed by atoms with Crippen molar-refractivity contribution in [2.24, 2.45) is 7.05 Å². The Morgan fingerprint density at radius 3 is 2.90 bits per heavy atom. The Labute approximate surface area is 122 Å². The molecule has 0 spiro atoms. The Morgan fingerprint density at radius 2 is 2.29 bits per heavy atom. The number of aliphatic hydroxyl groups excluding tert-OH is 1. The molecule has 0 aliphatic carbocycles. The van der Waals surface area contributed by atoms with E-state index in [9.17, 15) is 4.79 Å². The number of hydrogen-bond acceptors (Lipinski definition) is 4. The maximum Gasteiger partial charge on any atom is 0.256 e. The van der Waals surface area contributed by atoms with E-state index in [0.717, 1.165) is 0 Å². The second-order valence-electron chi connectivity index (χ2n) is 4.17. The number of aryl methyl sites for hydroxylation is 1. The summed E-state index contributed by atoms with van der Waals surface area (Å²) in [5.41, 5.74) is 0.989. The summed E-state index contributed by atoms with van der Waals surface area (Å²) in [7, 11) is 3.26. The molecule has 0 radical (unpaired) electrons. The van der Waals surface area contributed by atoms with Crippen molar-refractivity contribution in [1.82, 2.24) is 9.78 Å². The van der Waals surface area contributed by atoms with Crippen molar-refractivity contribution >= 4 is 11.7 Å². The molecule has 0 saturated carbocycles. The van der Waals surface area contributed by atoms with Crippen molar-refractivity contribution in [3.63, 3.8) is 0 Å². The lowest BCUT2D eigenvalue weighted by atomic mass is 10.1. The number of ether oxygens (including phenoxy) is 1. The number of nitrogens with one attached hydrogen (secondary N) is 1.